The third-order valence-corrected chi connectivity index (χ3v) is 2.52. The van der Waals surface area contributed by atoms with Gasteiger partial charge >= 0.3 is 0 Å². The number of hydrogen-bond acceptors (Lipinski definition) is 5. The molecule has 0 amide bonds. The predicted octanol–water partition coefficient (Wildman–Crippen LogP) is 1.81. The van der Waals surface area contributed by atoms with Crippen LogP contribution in [0.15, 0.2) is 41.1 Å². The minimum atomic E-state index is 0.374. The van der Waals surface area contributed by atoms with Gasteiger partial charge in [-0.3, -0.25) is 0 Å². The highest BCUT2D eigenvalue weighted by molar-refractivity contribution is 5.61. The third-order valence-electron chi connectivity index (χ3n) is 2.52. The van der Waals surface area contributed by atoms with E-state index in [2.05, 4.69) is 15.4 Å². The zero-order valence-electron chi connectivity index (χ0n) is 9.74. The Hall–Kier alpha value is -2.63. The van der Waals surface area contributed by atoms with Gasteiger partial charge in [-0.1, -0.05) is 5.16 Å². The third kappa shape index (κ3) is 1.84. The molecular formula is C12H11N5O. The van der Waals surface area contributed by atoms with Gasteiger partial charge in [0.1, 0.15) is 0 Å². The van der Waals surface area contributed by atoms with Crippen molar-refractivity contribution in [1.29, 1.82) is 0 Å². The molecule has 0 spiro atoms. The average Bonchev–Trinajstić information content (AvgIpc) is 2.98. The van der Waals surface area contributed by atoms with Crippen LogP contribution in [-0.4, -0.2) is 20.2 Å². The number of benzene rings is 1. The Morgan fingerprint density at radius 1 is 1.22 bits per heavy atom. The van der Waals surface area contributed by atoms with E-state index >= 15 is 0 Å². The molecule has 0 saturated carbocycles. The molecule has 3 rings (SSSR count). The second-order valence-electron chi connectivity index (χ2n) is 3.94. The first-order valence-electron chi connectivity index (χ1n) is 5.44. The highest BCUT2D eigenvalue weighted by Gasteiger charge is 2.05. The van der Waals surface area contributed by atoms with Gasteiger partial charge in [0.15, 0.2) is 11.6 Å². The van der Waals surface area contributed by atoms with Gasteiger partial charge in [-0.05, 0) is 31.2 Å². The van der Waals surface area contributed by atoms with Crippen LogP contribution in [0.1, 0.15) is 5.69 Å². The second kappa shape index (κ2) is 3.99. The van der Waals surface area contributed by atoms with Crippen molar-refractivity contribution in [3.05, 3.63) is 42.2 Å². The largest absolute Gasteiger partial charge is 0.381 e. The lowest BCUT2D eigenvalue weighted by molar-refractivity contribution is 0.436. The van der Waals surface area contributed by atoms with Crippen molar-refractivity contribution in [2.75, 3.05) is 5.73 Å². The zero-order valence-corrected chi connectivity index (χ0v) is 9.74. The van der Waals surface area contributed by atoms with Gasteiger partial charge in [-0.15, -0.1) is 0 Å². The van der Waals surface area contributed by atoms with E-state index in [9.17, 15) is 0 Å². The van der Waals surface area contributed by atoms with Crippen molar-refractivity contribution in [2.24, 2.45) is 0 Å². The minimum absolute atomic E-state index is 0.374. The first-order chi connectivity index (χ1) is 8.72. The van der Waals surface area contributed by atoms with E-state index in [-0.39, 0.29) is 0 Å². The lowest BCUT2D eigenvalue weighted by Gasteiger charge is -2.00. The first-order valence-corrected chi connectivity index (χ1v) is 5.44. The Morgan fingerprint density at radius 2 is 2.00 bits per heavy atom. The number of nitrogen functional groups attached to an aromatic ring is 1. The lowest BCUT2D eigenvalue weighted by Crippen LogP contribution is -1.98. The molecule has 0 aliphatic heterocycles. The fourth-order valence-corrected chi connectivity index (χ4v) is 1.65. The van der Waals surface area contributed by atoms with Crippen molar-refractivity contribution in [3.8, 4) is 17.0 Å². The summed E-state index contributed by atoms with van der Waals surface area (Å²) in [6.45, 7) is 1.90. The minimum Gasteiger partial charge on any atom is -0.381 e. The smallest absolute Gasteiger partial charge is 0.169 e. The highest BCUT2D eigenvalue weighted by atomic mass is 16.5. The van der Waals surface area contributed by atoms with Crippen LogP contribution in [0.4, 0.5) is 5.82 Å². The molecule has 6 nitrogen and oxygen atoms in total. The van der Waals surface area contributed by atoms with Crippen LogP contribution in [0.25, 0.3) is 17.0 Å². The summed E-state index contributed by atoms with van der Waals surface area (Å²) in [5, 5.41) is 12.0. The van der Waals surface area contributed by atoms with Crippen LogP contribution in [0.5, 0.6) is 0 Å². The second-order valence-corrected chi connectivity index (χ2v) is 3.94. The quantitative estimate of drug-likeness (QED) is 0.739. The Morgan fingerprint density at radius 3 is 2.56 bits per heavy atom. The number of aromatic nitrogens is 4. The van der Waals surface area contributed by atoms with Crippen molar-refractivity contribution < 1.29 is 4.52 Å². The average molecular weight is 241 g/mol. The summed E-state index contributed by atoms with van der Waals surface area (Å²) in [5.41, 5.74) is 8.18. The fourth-order valence-electron chi connectivity index (χ4n) is 1.65. The van der Waals surface area contributed by atoms with Crippen molar-refractivity contribution in [3.63, 3.8) is 0 Å². The molecule has 0 aliphatic carbocycles. The molecular weight excluding hydrogens is 230 g/mol. The first kappa shape index (κ1) is 10.5. The Kier molecular flexibility index (Phi) is 2.33. The van der Waals surface area contributed by atoms with Gasteiger partial charge < -0.3 is 10.3 Å². The molecule has 0 bridgehead atoms. The SMILES string of the molecule is Cc1cnn(-c2ccc(-c3cc(N)no3)cc2)n1. The lowest BCUT2D eigenvalue weighted by atomic mass is 10.1. The predicted molar refractivity (Wildman–Crippen MR) is 66.0 cm³/mol. The number of hydrogen-bond donors (Lipinski definition) is 1. The van der Waals surface area contributed by atoms with E-state index in [1.54, 1.807) is 17.1 Å². The van der Waals surface area contributed by atoms with E-state index < -0.39 is 0 Å². The summed E-state index contributed by atoms with van der Waals surface area (Å²) >= 11 is 0. The maximum absolute atomic E-state index is 5.51. The summed E-state index contributed by atoms with van der Waals surface area (Å²) < 4.78 is 5.09. The van der Waals surface area contributed by atoms with E-state index in [4.69, 9.17) is 10.3 Å². The molecule has 1 aromatic carbocycles. The molecule has 2 heterocycles. The standard InChI is InChI=1S/C12H11N5O/c1-8-7-14-17(15-8)10-4-2-9(3-5-10)11-6-12(13)16-18-11/h2-7H,1H3,(H2,13,16). The van der Waals surface area contributed by atoms with E-state index in [1.165, 1.54) is 0 Å². The molecule has 90 valence electrons. The van der Waals surface area contributed by atoms with Crippen LogP contribution in [0, 0.1) is 6.92 Å². The van der Waals surface area contributed by atoms with Crippen molar-refractivity contribution >= 4 is 5.82 Å². The summed E-state index contributed by atoms with van der Waals surface area (Å²) in [7, 11) is 0. The maximum atomic E-state index is 5.51. The number of aryl methyl sites for hydroxylation is 1. The van der Waals surface area contributed by atoms with Gasteiger partial charge in [0, 0.05) is 11.6 Å². The van der Waals surface area contributed by atoms with Crippen LogP contribution >= 0.6 is 0 Å². The van der Waals surface area contributed by atoms with Crippen LogP contribution in [-0.2, 0) is 0 Å². The molecule has 3 aromatic rings. The van der Waals surface area contributed by atoms with Crippen LogP contribution < -0.4 is 5.73 Å². The molecule has 2 aromatic heterocycles. The molecule has 0 atom stereocenters. The number of rotatable bonds is 2. The summed E-state index contributed by atoms with van der Waals surface area (Å²) in [6.07, 6.45) is 1.71. The number of anilines is 1. The fraction of sp³-hybridized carbons (Fsp3) is 0.0833. The summed E-state index contributed by atoms with van der Waals surface area (Å²) in [5.74, 6) is 1.02. The van der Waals surface area contributed by atoms with Gasteiger partial charge in [-0.2, -0.15) is 15.0 Å². The molecule has 0 aliphatic rings. The van der Waals surface area contributed by atoms with Crippen molar-refractivity contribution in [2.45, 2.75) is 6.92 Å². The molecule has 2 N–H and O–H groups in total. The summed E-state index contributed by atoms with van der Waals surface area (Å²) in [4.78, 5) is 1.58. The summed E-state index contributed by atoms with van der Waals surface area (Å²) in [6, 6.07) is 9.33. The number of nitrogens with two attached hydrogens (primary N) is 1. The van der Waals surface area contributed by atoms with Crippen LogP contribution in [0.2, 0.25) is 0 Å². The normalized spacial score (nSPS) is 10.7. The van der Waals surface area contributed by atoms with Gasteiger partial charge in [0.05, 0.1) is 17.6 Å². The van der Waals surface area contributed by atoms with Gasteiger partial charge in [-0.25, -0.2) is 0 Å². The zero-order chi connectivity index (χ0) is 12.5. The Labute approximate surface area is 103 Å². The highest BCUT2D eigenvalue weighted by Crippen LogP contribution is 2.22. The topological polar surface area (TPSA) is 82.8 Å². The molecule has 0 unspecified atom stereocenters. The molecule has 0 radical (unpaired) electrons. The Bertz CT molecular complexity index is 609. The number of nitrogens with zero attached hydrogens (tertiary/aromatic N) is 4. The maximum Gasteiger partial charge on any atom is 0.169 e. The Balaban J connectivity index is 1.94. The van der Waals surface area contributed by atoms with Crippen molar-refractivity contribution in [1.82, 2.24) is 20.2 Å². The van der Waals surface area contributed by atoms with E-state index in [1.807, 2.05) is 31.2 Å². The molecule has 6 heteroatoms. The van der Waals surface area contributed by atoms with Gasteiger partial charge in [0.2, 0.25) is 0 Å². The van der Waals surface area contributed by atoms with Crippen LogP contribution in [0.3, 0.4) is 0 Å². The van der Waals surface area contributed by atoms with E-state index in [0.29, 0.717) is 11.6 Å². The molecule has 0 saturated heterocycles. The molecule has 18 heavy (non-hydrogen) atoms. The van der Waals surface area contributed by atoms with E-state index in [0.717, 1.165) is 16.9 Å². The molecule has 0 fully saturated rings. The van der Waals surface area contributed by atoms with Gasteiger partial charge in [0.25, 0.3) is 0 Å². The monoisotopic (exact) mass is 241 g/mol.